The molecule has 0 aromatic heterocycles. The molecule has 1 aliphatic rings. The van der Waals surface area contributed by atoms with E-state index in [9.17, 15) is 0 Å². The van der Waals surface area contributed by atoms with Gasteiger partial charge in [0, 0.05) is 10.5 Å². The molecule has 1 unspecified atom stereocenters. The summed E-state index contributed by atoms with van der Waals surface area (Å²) in [5, 5.41) is 0. The summed E-state index contributed by atoms with van der Waals surface area (Å²) in [7, 11) is 0. The van der Waals surface area contributed by atoms with Crippen LogP contribution >= 0.6 is 15.9 Å². The Hall–Kier alpha value is -0.340. The van der Waals surface area contributed by atoms with Gasteiger partial charge >= 0.3 is 0 Å². The second-order valence-corrected chi connectivity index (χ2v) is 5.81. The molecule has 2 heteroatoms. The maximum atomic E-state index is 6.37. The normalized spacial score (nSPS) is 21.5. The minimum Gasteiger partial charge on any atom is -0.323 e. The van der Waals surface area contributed by atoms with E-state index in [2.05, 4.69) is 47.1 Å². The van der Waals surface area contributed by atoms with Crippen LogP contribution in [0.4, 0.5) is 0 Å². The van der Waals surface area contributed by atoms with Crippen LogP contribution in [0.15, 0.2) is 28.7 Å². The van der Waals surface area contributed by atoms with Crippen molar-refractivity contribution in [2.24, 2.45) is 11.1 Å². The molecular formula is C13H18BrN. The van der Waals surface area contributed by atoms with E-state index in [0.717, 1.165) is 4.47 Å². The highest BCUT2D eigenvalue weighted by Crippen LogP contribution is 2.45. The molecule has 82 valence electrons. The van der Waals surface area contributed by atoms with Crippen molar-refractivity contribution in [1.82, 2.24) is 0 Å². The largest absolute Gasteiger partial charge is 0.323 e. The van der Waals surface area contributed by atoms with Gasteiger partial charge in [0.15, 0.2) is 0 Å². The molecule has 0 bridgehead atoms. The quantitative estimate of drug-likeness (QED) is 0.861. The van der Waals surface area contributed by atoms with Crippen LogP contribution in [0.3, 0.4) is 0 Å². The van der Waals surface area contributed by atoms with Gasteiger partial charge in [-0.2, -0.15) is 0 Å². The number of benzene rings is 1. The van der Waals surface area contributed by atoms with Crippen molar-refractivity contribution >= 4 is 15.9 Å². The van der Waals surface area contributed by atoms with Crippen LogP contribution in [0.2, 0.25) is 0 Å². The monoisotopic (exact) mass is 267 g/mol. The molecule has 15 heavy (non-hydrogen) atoms. The lowest BCUT2D eigenvalue weighted by Crippen LogP contribution is -2.29. The molecule has 2 N–H and O–H groups in total. The summed E-state index contributed by atoms with van der Waals surface area (Å²) in [5.41, 5.74) is 7.95. The fourth-order valence-corrected chi connectivity index (χ4v) is 2.83. The SMILES string of the molecule is CC1(C(N)c2ccc(Br)cc2)CCCC1. The summed E-state index contributed by atoms with van der Waals surface area (Å²) in [6.07, 6.45) is 5.20. The lowest BCUT2D eigenvalue weighted by Gasteiger charge is -2.31. The van der Waals surface area contributed by atoms with Gasteiger partial charge in [0.1, 0.15) is 0 Å². The standard InChI is InChI=1S/C13H18BrN/c1-13(8-2-3-9-13)12(15)10-4-6-11(14)7-5-10/h4-7,12H,2-3,8-9,15H2,1H3. The van der Waals surface area contributed by atoms with Gasteiger partial charge < -0.3 is 5.73 Å². The Morgan fingerprint density at radius 2 is 1.73 bits per heavy atom. The third-order valence-electron chi connectivity index (χ3n) is 3.73. The maximum Gasteiger partial charge on any atom is 0.0349 e. The molecular weight excluding hydrogens is 250 g/mol. The number of rotatable bonds is 2. The second kappa shape index (κ2) is 4.26. The number of halogens is 1. The Labute approximate surface area is 100 Å². The van der Waals surface area contributed by atoms with Crippen molar-refractivity contribution in [3.63, 3.8) is 0 Å². The lowest BCUT2D eigenvalue weighted by molar-refractivity contribution is 0.265. The van der Waals surface area contributed by atoms with Crippen molar-refractivity contribution in [2.45, 2.75) is 38.6 Å². The van der Waals surface area contributed by atoms with E-state index in [1.807, 2.05) is 0 Å². The van der Waals surface area contributed by atoms with Crippen LogP contribution in [0.1, 0.15) is 44.2 Å². The molecule has 1 fully saturated rings. The number of hydrogen-bond acceptors (Lipinski definition) is 1. The minimum absolute atomic E-state index is 0.188. The molecule has 0 heterocycles. The molecule has 2 rings (SSSR count). The van der Waals surface area contributed by atoms with E-state index in [-0.39, 0.29) is 6.04 Å². The van der Waals surface area contributed by atoms with Crippen LogP contribution in [-0.2, 0) is 0 Å². The third kappa shape index (κ3) is 2.26. The zero-order valence-electron chi connectivity index (χ0n) is 9.17. The van der Waals surface area contributed by atoms with Gasteiger partial charge in [-0.05, 0) is 36.0 Å². The number of hydrogen-bond donors (Lipinski definition) is 1. The maximum absolute atomic E-state index is 6.37. The van der Waals surface area contributed by atoms with Crippen LogP contribution in [0.5, 0.6) is 0 Å². The zero-order chi connectivity index (χ0) is 10.9. The first kappa shape index (κ1) is 11.2. The first-order valence-electron chi connectivity index (χ1n) is 5.63. The summed E-state index contributed by atoms with van der Waals surface area (Å²) >= 11 is 3.45. The Balaban J connectivity index is 2.19. The number of nitrogens with two attached hydrogens (primary N) is 1. The van der Waals surface area contributed by atoms with E-state index in [1.165, 1.54) is 31.2 Å². The summed E-state index contributed by atoms with van der Waals surface area (Å²) in [6, 6.07) is 8.62. The molecule has 1 atom stereocenters. The van der Waals surface area contributed by atoms with Crippen LogP contribution < -0.4 is 5.73 Å². The van der Waals surface area contributed by atoms with Gasteiger partial charge in [-0.15, -0.1) is 0 Å². The Morgan fingerprint density at radius 3 is 2.27 bits per heavy atom. The first-order valence-corrected chi connectivity index (χ1v) is 6.42. The Morgan fingerprint density at radius 1 is 1.20 bits per heavy atom. The van der Waals surface area contributed by atoms with Gasteiger partial charge in [0.2, 0.25) is 0 Å². The van der Waals surface area contributed by atoms with E-state index in [4.69, 9.17) is 5.73 Å². The second-order valence-electron chi connectivity index (χ2n) is 4.89. The lowest BCUT2D eigenvalue weighted by atomic mass is 9.78. The van der Waals surface area contributed by atoms with Gasteiger partial charge in [0.05, 0.1) is 0 Å². The van der Waals surface area contributed by atoms with Crippen LogP contribution in [0, 0.1) is 5.41 Å². The van der Waals surface area contributed by atoms with E-state index in [0.29, 0.717) is 5.41 Å². The fourth-order valence-electron chi connectivity index (χ4n) is 2.57. The first-order chi connectivity index (χ1) is 7.12. The van der Waals surface area contributed by atoms with E-state index in [1.54, 1.807) is 0 Å². The van der Waals surface area contributed by atoms with E-state index < -0.39 is 0 Å². The van der Waals surface area contributed by atoms with Crippen LogP contribution in [0.25, 0.3) is 0 Å². The molecule has 1 aromatic rings. The summed E-state index contributed by atoms with van der Waals surface area (Å²) in [5.74, 6) is 0. The van der Waals surface area contributed by atoms with Crippen molar-refractivity contribution in [1.29, 1.82) is 0 Å². The average molecular weight is 268 g/mol. The molecule has 1 aromatic carbocycles. The molecule has 0 amide bonds. The average Bonchev–Trinajstić information content (AvgIpc) is 2.67. The van der Waals surface area contributed by atoms with Crippen molar-refractivity contribution < 1.29 is 0 Å². The summed E-state index contributed by atoms with van der Waals surface area (Å²) in [4.78, 5) is 0. The zero-order valence-corrected chi connectivity index (χ0v) is 10.8. The highest BCUT2D eigenvalue weighted by atomic mass is 79.9. The molecule has 0 radical (unpaired) electrons. The predicted octanol–water partition coefficient (Wildman–Crippen LogP) is 4.03. The van der Waals surface area contributed by atoms with Gasteiger partial charge in [0.25, 0.3) is 0 Å². The molecule has 1 saturated carbocycles. The van der Waals surface area contributed by atoms with Gasteiger partial charge in [-0.1, -0.05) is 47.8 Å². The highest BCUT2D eigenvalue weighted by Gasteiger charge is 2.35. The van der Waals surface area contributed by atoms with Gasteiger partial charge in [-0.3, -0.25) is 0 Å². The molecule has 0 saturated heterocycles. The fraction of sp³-hybridized carbons (Fsp3) is 0.538. The topological polar surface area (TPSA) is 26.0 Å². The minimum atomic E-state index is 0.188. The Bertz CT molecular complexity index is 325. The molecule has 0 aliphatic heterocycles. The predicted molar refractivity (Wildman–Crippen MR) is 67.6 cm³/mol. The summed E-state index contributed by atoms with van der Waals surface area (Å²) < 4.78 is 1.12. The van der Waals surface area contributed by atoms with Crippen molar-refractivity contribution in [2.75, 3.05) is 0 Å². The van der Waals surface area contributed by atoms with Gasteiger partial charge in [-0.25, -0.2) is 0 Å². The third-order valence-corrected chi connectivity index (χ3v) is 4.25. The Kier molecular flexibility index (Phi) is 3.17. The van der Waals surface area contributed by atoms with Crippen molar-refractivity contribution in [3.8, 4) is 0 Å². The highest BCUT2D eigenvalue weighted by molar-refractivity contribution is 9.10. The smallest absolute Gasteiger partial charge is 0.0349 e. The molecule has 0 spiro atoms. The summed E-state index contributed by atoms with van der Waals surface area (Å²) in [6.45, 7) is 2.33. The van der Waals surface area contributed by atoms with E-state index >= 15 is 0 Å². The molecule has 1 nitrogen and oxygen atoms in total. The molecule has 1 aliphatic carbocycles. The van der Waals surface area contributed by atoms with Crippen molar-refractivity contribution in [3.05, 3.63) is 34.3 Å². The van der Waals surface area contributed by atoms with Crippen LogP contribution in [-0.4, -0.2) is 0 Å².